The van der Waals surface area contributed by atoms with Crippen LogP contribution in [-0.4, -0.2) is 9.67 Å². The molecule has 0 aliphatic carbocycles. The van der Waals surface area contributed by atoms with Crippen molar-refractivity contribution in [3.05, 3.63) is 62.9 Å². The van der Waals surface area contributed by atoms with Gasteiger partial charge in [0.05, 0.1) is 11.1 Å². The Labute approximate surface area is 177 Å². The first-order valence-electron chi connectivity index (χ1n) is 10.7. The van der Waals surface area contributed by atoms with Crippen LogP contribution in [0.15, 0.2) is 35.1 Å². The van der Waals surface area contributed by atoms with Gasteiger partial charge in [-0.25, -0.2) is 0 Å². The number of hydrogen-bond donors (Lipinski definition) is 1. The van der Waals surface area contributed by atoms with E-state index < -0.39 is 0 Å². The highest BCUT2D eigenvalue weighted by Gasteiger charge is 2.21. The summed E-state index contributed by atoms with van der Waals surface area (Å²) in [6.07, 6.45) is 0. The number of pyridine rings is 1. The van der Waals surface area contributed by atoms with Gasteiger partial charge in [0.1, 0.15) is 5.75 Å². The normalized spacial score (nSPS) is 9.48. The van der Waals surface area contributed by atoms with Crippen LogP contribution >= 0.6 is 0 Å². The fourth-order valence-corrected chi connectivity index (χ4v) is 3.36. The molecule has 1 N–H and O–H groups in total. The molecule has 2 aromatic carbocycles. The molecule has 0 amide bonds. The summed E-state index contributed by atoms with van der Waals surface area (Å²) >= 11 is 0. The van der Waals surface area contributed by atoms with Crippen molar-refractivity contribution >= 4 is 10.9 Å². The maximum Gasteiger partial charge on any atom is 0.262 e. The average Bonchev–Trinajstić information content (AvgIpc) is 2.78. The molecule has 0 atom stereocenters. The van der Waals surface area contributed by atoms with Crippen LogP contribution in [0, 0.1) is 27.7 Å². The van der Waals surface area contributed by atoms with E-state index in [1.54, 1.807) is 11.6 Å². The zero-order valence-corrected chi connectivity index (χ0v) is 20.2. The molecule has 0 saturated heterocycles. The van der Waals surface area contributed by atoms with E-state index in [1.165, 1.54) is 0 Å². The number of hydrogen-bond acceptors (Lipinski definition) is 2. The highest BCUT2D eigenvalue weighted by atomic mass is 16.3. The molecule has 0 saturated carbocycles. The fourth-order valence-electron chi connectivity index (χ4n) is 3.36. The highest BCUT2D eigenvalue weighted by Crippen LogP contribution is 2.38. The van der Waals surface area contributed by atoms with E-state index in [-0.39, 0.29) is 11.3 Å². The minimum absolute atomic E-state index is 0.0815. The van der Waals surface area contributed by atoms with Gasteiger partial charge in [0.2, 0.25) is 0 Å². The van der Waals surface area contributed by atoms with Crippen molar-refractivity contribution in [2.24, 2.45) is 7.05 Å². The first-order valence-corrected chi connectivity index (χ1v) is 10.7. The molecular formula is C26H39NO2. The van der Waals surface area contributed by atoms with Gasteiger partial charge in [-0.05, 0) is 55.5 Å². The average molecular weight is 398 g/mol. The van der Waals surface area contributed by atoms with Gasteiger partial charge in [0.25, 0.3) is 5.56 Å². The quantitative estimate of drug-likeness (QED) is 0.471. The molecule has 3 heteroatoms. The van der Waals surface area contributed by atoms with Crippen LogP contribution in [0.3, 0.4) is 0 Å². The molecule has 0 radical (unpaired) electrons. The SMILES string of the molecule is CC.CC.CC.Cc1c(C)c(C)c2c(c1C)c(O)c(-c1ccccc1)c(=O)n2C. The van der Waals surface area contributed by atoms with Crippen LogP contribution in [-0.2, 0) is 7.05 Å². The van der Waals surface area contributed by atoms with Gasteiger partial charge in [-0.3, -0.25) is 4.79 Å². The lowest BCUT2D eigenvalue weighted by molar-refractivity contribution is 0.481. The number of aryl methyl sites for hydroxylation is 3. The molecular weight excluding hydrogens is 358 g/mol. The van der Waals surface area contributed by atoms with Gasteiger partial charge in [-0.1, -0.05) is 71.9 Å². The molecule has 0 bridgehead atoms. The van der Waals surface area contributed by atoms with Gasteiger partial charge in [-0.15, -0.1) is 0 Å². The minimum Gasteiger partial charge on any atom is -0.506 e. The molecule has 160 valence electrons. The van der Waals surface area contributed by atoms with Crippen molar-refractivity contribution in [1.29, 1.82) is 0 Å². The minimum atomic E-state index is -0.174. The van der Waals surface area contributed by atoms with E-state index in [2.05, 4.69) is 13.8 Å². The number of aromatic nitrogens is 1. The lowest BCUT2D eigenvalue weighted by Gasteiger charge is -2.19. The van der Waals surface area contributed by atoms with Crippen molar-refractivity contribution in [3.8, 4) is 16.9 Å². The molecule has 0 spiro atoms. The molecule has 0 fully saturated rings. The first kappa shape index (κ1) is 26.4. The molecule has 29 heavy (non-hydrogen) atoms. The van der Waals surface area contributed by atoms with Gasteiger partial charge in [-0.2, -0.15) is 0 Å². The second kappa shape index (κ2) is 12.1. The number of nitrogens with zero attached hydrogens (tertiary/aromatic N) is 1. The predicted molar refractivity (Wildman–Crippen MR) is 129 cm³/mol. The molecule has 3 nitrogen and oxygen atoms in total. The standard InChI is InChI=1S/C20H21NO2.3C2H6/c1-11-12(2)14(4)18-16(13(11)3)19(22)17(20(23)21(18)5)15-9-7-6-8-10-15;3*1-2/h6-10,22H,1-5H3;3*1-2H3. The van der Waals surface area contributed by atoms with Crippen molar-refractivity contribution < 1.29 is 5.11 Å². The Kier molecular flexibility index (Phi) is 11.0. The van der Waals surface area contributed by atoms with Crippen molar-refractivity contribution in [3.63, 3.8) is 0 Å². The van der Waals surface area contributed by atoms with Crippen LogP contribution in [0.2, 0.25) is 0 Å². The maximum atomic E-state index is 12.9. The summed E-state index contributed by atoms with van der Waals surface area (Å²) < 4.78 is 1.66. The first-order chi connectivity index (χ1) is 13.9. The van der Waals surface area contributed by atoms with E-state index in [0.29, 0.717) is 5.56 Å². The number of rotatable bonds is 1. The largest absolute Gasteiger partial charge is 0.506 e. The third-order valence-electron chi connectivity index (χ3n) is 5.04. The van der Waals surface area contributed by atoms with E-state index in [0.717, 1.165) is 38.7 Å². The topological polar surface area (TPSA) is 42.2 Å². The molecule has 0 aliphatic rings. The summed E-state index contributed by atoms with van der Waals surface area (Å²) in [5, 5.41) is 11.7. The Morgan fingerprint density at radius 1 is 0.724 bits per heavy atom. The second-order valence-corrected chi connectivity index (χ2v) is 6.18. The van der Waals surface area contributed by atoms with Crippen molar-refractivity contribution in [1.82, 2.24) is 4.57 Å². The van der Waals surface area contributed by atoms with E-state index in [9.17, 15) is 9.90 Å². The van der Waals surface area contributed by atoms with E-state index >= 15 is 0 Å². The number of aromatic hydroxyl groups is 1. The second-order valence-electron chi connectivity index (χ2n) is 6.18. The number of fused-ring (bicyclic) bond motifs is 1. The molecule has 0 unspecified atom stereocenters. The smallest absolute Gasteiger partial charge is 0.262 e. The van der Waals surface area contributed by atoms with Gasteiger partial charge in [0.15, 0.2) is 0 Å². The van der Waals surface area contributed by atoms with E-state index in [4.69, 9.17) is 0 Å². The summed E-state index contributed by atoms with van der Waals surface area (Å²) in [5.41, 5.74) is 6.12. The van der Waals surface area contributed by atoms with Gasteiger partial charge in [0, 0.05) is 12.4 Å². The van der Waals surface area contributed by atoms with E-state index in [1.807, 2.05) is 85.7 Å². The Morgan fingerprint density at radius 2 is 1.17 bits per heavy atom. The Bertz CT molecular complexity index is 984. The zero-order chi connectivity index (χ0) is 22.9. The zero-order valence-electron chi connectivity index (χ0n) is 20.2. The molecule has 1 aromatic heterocycles. The molecule has 3 rings (SSSR count). The Morgan fingerprint density at radius 3 is 1.66 bits per heavy atom. The summed E-state index contributed by atoms with van der Waals surface area (Å²) in [5.74, 6) is 0.0815. The summed E-state index contributed by atoms with van der Waals surface area (Å²) in [4.78, 5) is 12.9. The lowest BCUT2D eigenvalue weighted by atomic mass is 9.92. The summed E-state index contributed by atoms with van der Waals surface area (Å²) in [6.45, 7) is 20.1. The monoisotopic (exact) mass is 397 g/mol. The predicted octanol–water partition coefficient (Wildman–Crippen LogP) is 7.22. The molecule has 3 aromatic rings. The highest BCUT2D eigenvalue weighted by molar-refractivity contribution is 5.97. The lowest BCUT2D eigenvalue weighted by Crippen LogP contribution is -2.20. The van der Waals surface area contributed by atoms with Crippen LogP contribution in [0.4, 0.5) is 0 Å². The fraction of sp³-hybridized carbons (Fsp3) is 0.423. The summed E-state index contributed by atoms with van der Waals surface area (Å²) in [6, 6.07) is 9.35. The molecule has 0 aliphatic heterocycles. The van der Waals surface area contributed by atoms with Crippen LogP contribution in [0.1, 0.15) is 63.8 Å². The summed E-state index contributed by atoms with van der Waals surface area (Å²) in [7, 11) is 1.78. The molecule has 1 heterocycles. The Balaban J connectivity index is 0.00000120. The van der Waals surface area contributed by atoms with Crippen molar-refractivity contribution in [2.45, 2.75) is 69.2 Å². The van der Waals surface area contributed by atoms with Crippen molar-refractivity contribution in [2.75, 3.05) is 0 Å². The number of benzene rings is 2. The van der Waals surface area contributed by atoms with Gasteiger partial charge >= 0.3 is 0 Å². The Hall–Kier alpha value is -2.55. The van der Waals surface area contributed by atoms with Gasteiger partial charge < -0.3 is 9.67 Å². The third-order valence-corrected chi connectivity index (χ3v) is 5.04. The van der Waals surface area contributed by atoms with Crippen LogP contribution in [0.5, 0.6) is 5.75 Å². The third kappa shape index (κ3) is 4.90. The maximum absolute atomic E-state index is 12.9. The van der Waals surface area contributed by atoms with Crippen LogP contribution < -0.4 is 5.56 Å². The van der Waals surface area contributed by atoms with Crippen LogP contribution in [0.25, 0.3) is 22.0 Å².